The lowest BCUT2D eigenvalue weighted by Crippen LogP contribution is -2.16. The first-order valence-corrected chi connectivity index (χ1v) is 26.4. The van der Waals surface area contributed by atoms with Gasteiger partial charge in [-0.1, -0.05) is 235 Å². The summed E-state index contributed by atoms with van der Waals surface area (Å²) in [5.41, 5.74) is 21.6. The van der Waals surface area contributed by atoms with Crippen LogP contribution in [0.1, 0.15) is 51.3 Å². The van der Waals surface area contributed by atoms with Gasteiger partial charge in [-0.15, -0.1) is 11.3 Å². The lowest BCUT2D eigenvalue weighted by molar-refractivity contribution is 0.590. The van der Waals surface area contributed by atoms with Crippen molar-refractivity contribution in [2.75, 3.05) is 4.90 Å². The highest BCUT2D eigenvalue weighted by atomic mass is 32.1. The molecule has 0 fully saturated rings. The van der Waals surface area contributed by atoms with Gasteiger partial charge in [0.1, 0.15) is 0 Å². The van der Waals surface area contributed by atoms with Crippen LogP contribution in [0.25, 0.3) is 97.7 Å². The summed E-state index contributed by atoms with van der Waals surface area (Å²) >= 11 is 1.87. The van der Waals surface area contributed by atoms with E-state index in [0.29, 0.717) is 0 Å². The van der Waals surface area contributed by atoms with E-state index in [9.17, 15) is 0 Å². The second-order valence-electron chi connectivity index (χ2n) is 21.2. The molecule has 1 aliphatic rings. The van der Waals surface area contributed by atoms with Crippen LogP contribution in [0.3, 0.4) is 0 Å². The van der Waals surface area contributed by atoms with Gasteiger partial charge in [-0.2, -0.15) is 0 Å². The molecule has 0 radical (unpaired) electrons. The zero-order chi connectivity index (χ0) is 49.4. The molecule has 1 nitrogen and oxygen atoms in total. The molecule has 0 atom stereocenters. The molecule has 1 aliphatic carbocycles. The van der Waals surface area contributed by atoms with Gasteiger partial charge in [0.05, 0.1) is 11.4 Å². The molecule has 0 aliphatic heterocycles. The van der Waals surface area contributed by atoms with Crippen molar-refractivity contribution in [3.8, 4) is 66.8 Å². The topological polar surface area (TPSA) is 3.24 Å². The van der Waals surface area contributed by atoms with Crippen molar-refractivity contribution in [1.29, 1.82) is 0 Å². The number of thiophene rings is 1. The minimum Gasteiger partial charge on any atom is -0.309 e. The monoisotopic (exact) mass is 953 g/mol. The molecule has 0 saturated carbocycles. The van der Waals surface area contributed by atoms with Gasteiger partial charge in [0.2, 0.25) is 0 Å². The van der Waals surface area contributed by atoms with Crippen LogP contribution in [0.4, 0.5) is 17.1 Å². The van der Waals surface area contributed by atoms with E-state index < -0.39 is 0 Å². The van der Waals surface area contributed by atoms with Gasteiger partial charge >= 0.3 is 0 Å². The summed E-state index contributed by atoms with van der Waals surface area (Å²) in [6.45, 7) is 11.6. The van der Waals surface area contributed by atoms with Gasteiger partial charge in [-0.25, -0.2) is 0 Å². The second-order valence-corrected chi connectivity index (χ2v) is 22.3. The number of hydrogen-bond acceptors (Lipinski definition) is 2. The van der Waals surface area contributed by atoms with Crippen LogP contribution in [-0.4, -0.2) is 0 Å². The van der Waals surface area contributed by atoms with E-state index in [-0.39, 0.29) is 10.8 Å². The molecule has 0 unspecified atom stereocenters. The largest absolute Gasteiger partial charge is 0.309 e. The molecule has 1 aromatic heterocycles. The molecule has 2 heteroatoms. The second kappa shape index (κ2) is 17.5. The van der Waals surface area contributed by atoms with Crippen molar-refractivity contribution < 1.29 is 0 Å². The lowest BCUT2D eigenvalue weighted by Gasteiger charge is -2.34. The summed E-state index contributed by atoms with van der Waals surface area (Å²) < 4.78 is 2.60. The molecule has 0 amide bonds. The van der Waals surface area contributed by atoms with Gasteiger partial charge in [0.25, 0.3) is 0 Å². The fourth-order valence-electron chi connectivity index (χ4n) is 11.8. The summed E-state index contributed by atoms with van der Waals surface area (Å²) in [4.78, 5) is 2.62. The molecule has 0 saturated heterocycles. The zero-order valence-corrected chi connectivity index (χ0v) is 42.8. The third-order valence-electron chi connectivity index (χ3n) is 15.4. The summed E-state index contributed by atoms with van der Waals surface area (Å²) in [6.07, 6.45) is 0. The van der Waals surface area contributed by atoms with Gasteiger partial charge in [-0.3, -0.25) is 0 Å². The Morgan fingerprint density at radius 2 is 0.959 bits per heavy atom. The molecule has 73 heavy (non-hydrogen) atoms. The van der Waals surface area contributed by atoms with Crippen LogP contribution in [0.15, 0.2) is 243 Å². The predicted octanol–water partition coefficient (Wildman–Crippen LogP) is 20.6. The molecular weight excluding hydrogens is 899 g/mol. The van der Waals surface area contributed by atoms with Crippen LogP contribution in [0.2, 0.25) is 0 Å². The predicted molar refractivity (Wildman–Crippen MR) is 315 cm³/mol. The standard InChI is InChI=1S/C71H55NS/c1-70(2,3)51-38-35-46(36-39-51)50-43-59(47-21-8-6-9-22-47)69(60(44-50)48-23-10-7-11-24-48)72(52-40-41-63-61(45-52)55-28-16-18-32-62(55)71(63,4)5)64-42-37-49-25-12-13-26-53(49)67(64)56-29-15-14-27-54(56)57-31-20-34-66-68(57)58-30-17-19-33-65(58)73-66/h6-45H,1-5H3. The summed E-state index contributed by atoms with van der Waals surface area (Å²) in [5.74, 6) is 0. The first kappa shape index (κ1) is 44.6. The summed E-state index contributed by atoms with van der Waals surface area (Å²) in [7, 11) is 0. The van der Waals surface area contributed by atoms with Gasteiger partial charge < -0.3 is 4.90 Å². The molecule has 0 N–H and O–H groups in total. The zero-order valence-electron chi connectivity index (χ0n) is 41.9. The molecular formula is C71H55NS. The van der Waals surface area contributed by atoms with Crippen molar-refractivity contribution in [1.82, 2.24) is 0 Å². The fraction of sp³-hybridized carbons (Fsp3) is 0.0986. The van der Waals surface area contributed by atoms with Gasteiger partial charge in [0.15, 0.2) is 0 Å². The minimum atomic E-state index is -0.149. The van der Waals surface area contributed by atoms with E-state index in [4.69, 9.17) is 0 Å². The van der Waals surface area contributed by atoms with Crippen molar-refractivity contribution in [3.63, 3.8) is 0 Å². The highest BCUT2D eigenvalue weighted by molar-refractivity contribution is 7.25. The van der Waals surface area contributed by atoms with Crippen LogP contribution in [0.5, 0.6) is 0 Å². The van der Waals surface area contributed by atoms with Crippen molar-refractivity contribution in [2.24, 2.45) is 0 Å². The number of nitrogens with zero attached hydrogens (tertiary/aromatic N) is 1. The highest BCUT2D eigenvalue weighted by Crippen LogP contribution is 2.56. The van der Waals surface area contributed by atoms with Crippen LogP contribution < -0.4 is 4.90 Å². The molecule has 1 heterocycles. The van der Waals surface area contributed by atoms with E-state index in [2.05, 4.69) is 282 Å². The van der Waals surface area contributed by atoms with Crippen LogP contribution in [0, 0.1) is 0 Å². The van der Waals surface area contributed by atoms with Crippen LogP contribution >= 0.6 is 11.3 Å². The van der Waals surface area contributed by atoms with E-state index in [0.717, 1.165) is 39.3 Å². The molecule has 12 aromatic rings. The van der Waals surface area contributed by atoms with E-state index in [1.165, 1.54) is 92.1 Å². The Kier molecular flexibility index (Phi) is 10.7. The van der Waals surface area contributed by atoms with Gasteiger partial charge in [0, 0.05) is 48.0 Å². The smallest absolute Gasteiger partial charge is 0.0619 e. The number of rotatable bonds is 8. The van der Waals surface area contributed by atoms with Crippen molar-refractivity contribution >= 4 is 59.3 Å². The van der Waals surface area contributed by atoms with E-state index in [1.54, 1.807) is 0 Å². The van der Waals surface area contributed by atoms with E-state index in [1.807, 2.05) is 11.3 Å². The molecule has 0 spiro atoms. The fourth-order valence-corrected chi connectivity index (χ4v) is 12.9. The maximum absolute atomic E-state index is 2.62. The molecule has 11 aromatic carbocycles. The number of hydrogen-bond donors (Lipinski definition) is 0. The van der Waals surface area contributed by atoms with Crippen molar-refractivity contribution in [3.05, 3.63) is 259 Å². The van der Waals surface area contributed by atoms with Crippen LogP contribution in [-0.2, 0) is 10.8 Å². The summed E-state index contributed by atoms with van der Waals surface area (Å²) in [6, 6.07) is 91.0. The Morgan fingerprint density at radius 1 is 0.384 bits per heavy atom. The minimum absolute atomic E-state index is 0.0407. The van der Waals surface area contributed by atoms with Crippen molar-refractivity contribution in [2.45, 2.75) is 45.4 Å². The average molecular weight is 954 g/mol. The maximum Gasteiger partial charge on any atom is 0.0619 e. The molecule has 350 valence electrons. The number of fused-ring (bicyclic) bond motifs is 7. The molecule has 0 bridgehead atoms. The highest BCUT2D eigenvalue weighted by Gasteiger charge is 2.36. The Labute approximate surface area is 433 Å². The third-order valence-corrected chi connectivity index (χ3v) is 16.6. The number of anilines is 3. The Bertz CT molecular complexity index is 4020. The quantitative estimate of drug-likeness (QED) is 0.147. The van der Waals surface area contributed by atoms with Gasteiger partial charge in [-0.05, 0) is 125 Å². The SMILES string of the molecule is CC(C)(C)c1ccc(-c2cc(-c3ccccc3)c(N(c3ccc4c(c3)-c3ccccc3C4(C)C)c3ccc4ccccc4c3-c3ccccc3-c3cccc4sc5ccccc5c34)c(-c3ccccc3)c2)cc1. The Balaban J connectivity index is 1.17. The van der Waals surface area contributed by atoms with E-state index >= 15 is 0 Å². The lowest BCUT2D eigenvalue weighted by atomic mass is 9.82. The first-order valence-electron chi connectivity index (χ1n) is 25.6. The third kappa shape index (κ3) is 7.51. The number of benzene rings is 11. The molecule has 13 rings (SSSR count). The maximum atomic E-state index is 2.62. The summed E-state index contributed by atoms with van der Waals surface area (Å²) in [5, 5.41) is 4.99. The first-order chi connectivity index (χ1) is 35.6. The Morgan fingerprint density at radius 3 is 1.67 bits per heavy atom. The normalized spacial score (nSPS) is 12.8. The average Bonchev–Trinajstić information content (AvgIpc) is 3.92. The Hall–Kier alpha value is -8.30.